The molecule has 0 aliphatic carbocycles. The summed E-state index contributed by atoms with van der Waals surface area (Å²) in [6.07, 6.45) is -6.77. The first-order chi connectivity index (χ1) is 5.45. The van der Waals surface area contributed by atoms with Gasteiger partial charge < -0.3 is 0 Å². The highest BCUT2D eigenvalue weighted by molar-refractivity contribution is 7.48. The zero-order valence-electron chi connectivity index (χ0n) is 5.75. The molecule has 0 aliphatic heterocycles. The van der Waals surface area contributed by atoms with Gasteiger partial charge in [0, 0.05) is 7.11 Å². The Labute approximate surface area is 64.9 Å². The van der Waals surface area contributed by atoms with Crippen LogP contribution in [0.15, 0.2) is 0 Å². The summed E-state index contributed by atoms with van der Waals surface area (Å²) >= 11 is 0. The van der Waals surface area contributed by atoms with E-state index in [2.05, 4.69) is 13.8 Å². The van der Waals surface area contributed by atoms with Crippen LogP contribution < -0.4 is 0 Å². The third kappa shape index (κ3) is 3.48. The Morgan fingerprint density at radius 1 is 1.33 bits per heavy atom. The van der Waals surface area contributed by atoms with Crippen LogP contribution in [0.3, 0.4) is 0 Å². The van der Waals surface area contributed by atoms with Crippen molar-refractivity contribution < 1.29 is 36.0 Å². The van der Waals surface area contributed by atoms with E-state index in [1.165, 1.54) is 0 Å². The van der Waals surface area contributed by atoms with Gasteiger partial charge in [-0.3, -0.25) is 4.52 Å². The molecule has 0 aromatic heterocycles. The van der Waals surface area contributed by atoms with Crippen LogP contribution in [0.5, 0.6) is 0 Å². The van der Waals surface area contributed by atoms with Crippen molar-refractivity contribution in [2.45, 2.75) is 12.8 Å². The Morgan fingerprint density at radius 3 is 2.08 bits per heavy atom. The topological polar surface area (TPSA) is 44.8 Å². The zero-order valence-corrected chi connectivity index (χ0v) is 6.64. The molecule has 0 saturated heterocycles. The van der Waals surface area contributed by atoms with E-state index in [4.69, 9.17) is 0 Å². The minimum absolute atomic E-state index is 0.651. The van der Waals surface area contributed by atoms with E-state index < -0.39 is 20.6 Å². The summed E-state index contributed by atoms with van der Waals surface area (Å²) in [5.74, 6) is 0. The van der Waals surface area contributed by atoms with Crippen molar-refractivity contribution in [2.24, 2.45) is 0 Å². The SMILES string of the molecule is COP(=O)(OF)OC(F)C(F)F. The van der Waals surface area contributed by atoms with Crippen LogP contribution in [0.25, 0.3) is 0 Å². The van der Waals surface area contributed by atoms with E-state index in [0.717, 1.165) is 0 Å². The quantitative estimate of drug-likeness (QED) is 0.517. The summed E-state index contributed by atoms with van der Waals surface area (Å²) in [6.45, 7) is 0. The fraction of sp³-hybridized carbons (Fsp3) is 1.00. The Balaban J connectivity index is 4.12. The van der Waals surface area contributed by atoms with Gasteiger partial charge in [-0.1, -0.05) is 4.73 Å². The van der Waals surface area contributed by atoms with Crippen LogP contribution in [0.1, 0.15) is 0 Å². The van der Waals surface area contributed by atoms with Crippen molar-refractivity contribution in [3.05, 3.63) is 0 Å². The summed E-state index contributed by atoms with van der Waals surface area (Å²) in [5, 5.41) is 0. The molecular formula is C3H5F4O4P. The number of phosphoric acid groups is 1. The predicted molar refractivity (Wildman–Crippen MR) is 28.8 cm³/mol. The summed E-state index contributed by atoms with van der Waals surface area (Å²) in [5.41, 5.74) is 0. The van der Waals surface area contributed by atoms with Gasteiger partial charge in [-0.2, -0.15) is 0 Å². The summed E-state index contributed by atoms with van der Waals surface area (Å²) in [4.78, 5) is 0. The van der Waals surface area contributed by atoms with Crippen molar-refractivity contribution in [1.29, 1.82) is 0 Å². The van der Waals surface area contributed by atoms with Crippen LogP contribution in [0, 0.1) is 0 Å². The van der Waals surface area contributed by atoms with Crippen LogP contribution in [0.2, 0.25) is 0 Å². The van der Waals surface area contributed by atoms with Gasteiger partial charge in [0.05, 0.1) is 0 Å². The van der Waals surface area contributed by atoms with Gasteiger partial charge in [0.15, 0.2) is 0 Å². The number of hydrogen-bond acceptors (Lipinski definition) is 4. The maximum Gasteiger partial charge on any atom is 0.508 e. The minimum atomic E-state index is -4.81. The molecule has 74 valence electrons. The van der Waals surface area contributed by atoms with E-state index in [1.54, 1.807) is 0 Å². The standard InChI is InChI=1S/C3H5F4O4P/c1-9-12(8,11-7)10-3(6)2(4)5/h2-3H,1H3. The second kappa shape index (κ2) is 4.76. The first-order valence-corrected chi connectivity index (χ1v) is 3.98. The van der Waals surface area contributed by atoms with Crippen molar-refractivity contribution in [3.63, 3.8) is 0 Å². The number of phosphoric ester groups is 1. The molecule has 0 aromatic rings. The molecule has 0 heterocycles. The average molecular weight is 212 g/mol. The molecule has 0 fully saturated rings. The molecular weight excluding hydrogens is 207 g/mol. The predicted octanol–water partition coefficient (Wildman–Crippen LogP) is 2.22. The molecule has 0 saturated carbocycles. The molecule has 4 nitrogen and oxygen atoms in total. The second-order valence-corrected chi connectivity index (χ2v) is 3.10. The van der Waals surface area contributed by atoms with Crippen LogP contribution in [0.4, 0.5) is 17.7 Å². The molecule has 0 spiro atoms. The van der Waals surface area contributed by atoms with Crippen molar-refractivity contribution in [1.82, 2.24) is 0 Å². The Morgan fingerprint density at radius 2 is 1.83 bits per heavy atom. The monoisotopic (exact) mass is 212 g/mol. The summed E-state index contributed by atoms with van der Waals surface area (Å²) < 4.78 is 65.9. The fourth-order valence-electron chi connectivity index (χ4n) is 0.257. The lowest BCUT2D eigenvalue weighted by Gasteiger charge is -2.12. The van der Waals surface area contributed by atoms with Gasteiger partial charge in [0.25, 0.3) is 12.8 Å². The van der Waals surface area contributed by atoms with E-state index in [0.29, 0.717) is 7.11 Å². The highest BCUT2D eigenvalue weighted by Crippen LogP contribution is 2.50. The van der Waals surface area contributed by atoms with Gasteiger partial charge in [-0.15, -0.1) is 0 Å². The maximum absolute atomic E-state index is 11.9. The van der Waals surface area contributed by atoms with E-state index in [1.807, 2.05) is 0 Å². The Hall–Kier alpha value is -0.170. The molecule has 0 N–H and O–H groups in total. The Bertz CT molecular complexity index is 168. The minimum Gasteiger partial charge on any atom is -0.288 e. The molecule has 0 aliphatic rings. The third-order valence-electron chi connectivity index (χ3n) is 0.736. The average Bonchev–Trinajstić information content (AvgIpc) is 2.04. The molecule has 0 radical (unpaired) electrons. The molecule has 9 heteroatoms. The lowest BCUT2D eigenvalue weighted by molar-refractivity contribution is -0.117. The summed E-state index contributed by atoms with van der Waals surface area (Å²) in [6, 6.07) is 0. The lowest BCUT2D eigenvalue weighted by Crippen LogP contribution is -2.15. The maximum atomic E-state index is 11.9. The number of alkyl halides is 3. The van der Waals surface area contributed by atoms with Gasteiger partial charge in [-0.05, 0) is 4.53 Å². The number of rotatable bonds is 5. The van der Waals surface area contributed by atoms with Crippen LogP contribution in [-0.4, -0.2) is 19.9 Å². The zero-order chi connectivity index (χ0) is 9.78. The molecule has 2 unspecified atom stereocenters. The van der Waals surface area contributed by atoms with Gasteiger partial charge in [0.1, 0.15) is 0 Å². The van der Waals surface area contributed by atoms with Crippen molar-refractivity contribution in [3.8, 4) is 0 Å². The van der Waals surface area contributed by atoms with Gasteiger partial charge in [0.2, 0.25) is 0 Å². The Kier molecular flexibility index (Phi) is 4.69. The normalized spacial score (nSPS) is 19.2. The highest BCUT2D eigenvalue weighted by Gasteiger charge is 2.35. The van der Waals surface area contributed by atoms with Crippen LogP contribution in [-0.2, 0) is 18.3 Å². The largest absolute Gasteiger partial charge is 0.508 e. The van der Waals surface area contributed by atoms with Gasteiger partial charge in [-0.25, -0.2) is 22.3 Å². The molecule has 12 heavy (non-hydrogen) atoms. The first kappa shape index (κ1) is 11.8. The van der Waals surface area contributed by atoms with Crippen molar-refractivity contribution >= 4 is 7.82 Å². The van der Waals surface area contributed by atoms with E-state index in [-0.39, 0.29) is 0 Å². The number of halogens is 4. The highest BCUT2D eigenvalue weighted by atomic mass is 31.2. The van der Waals surface area contributed by atoms with Crippen molar-refractivity contribution in [2.75, 3.05) is 7.11 Å². The van der Waals surface area contributed by atoms with Crippen LogP contribution >= 0.6 is 7.82 Å². The first-order valence-electron chi connectivity index (χ1n) is 2.52. The molecule has 0 aromatic carbocycles. The molecule has 0 rings (SSSR count). The molecule has 2 atom stereocenters. The van der Waals surface area contributed by atoms with E-state index in [9.17, 15) is 22.3 Å². The second-order valence-electron chi connectivity index (χ2n) is 1.49. The molecule has 0 bridgehead atoms. The number of hydrogen-bond donors (Lipinski definition) is 0. The molecule has 0 amide bonds. The smallest absolute Gasteiger partial charge is 0.288 e. The van der Waals surface area contributed by atoms with E-state index >= 15 is 0 Å². The van der Waals surface area contributed by atoms with Gasteiger partial charge >= 0.3 is 7.82 Å². The fourth-order valence-corrected chi connectivity index (χ4v) is 0.770. The summed E-state index contributed by atoms with van der Waals surface area (Å²) in [7, 11) is -4.16. The third-order valence-corrected chi connectivity index (χ3v) is 1.81. The lowest BCUT2D eigenvalue weighted by atomic mass is 10.7.